The van der Waals surface area contributed by atoms with Gasteiger partial charge in [0.05, 0.1) is 0 Å². The minimum atomic E-state index is -0.394. The molecule has 0 bridgehead atoms. The molecule has 1 heterocycles. The number of nitrogens with zero attached hydrogens (tertiary/aromatic N) is 1. The van der Waals surface area contributed by atoms with Crippen LogP contribution in [-0.2, 0) is 0 Å². The van der Waals surface area contributed by atoms with Gasteiger partial charge in [-0.15, -0.1) is 0 Å². The van der Waals surface area contributed by atoms with Crippen LogP contribution in [0.5, 0.6) is 0 Å². The Morgan fingerprint density at radius 2 is 2.07 bits per heavy atom. The summed E-state index contributed by atoms with van der Waals surface area (Å²) in [4.78, 5) is 4.19. The summed E-state index contributed by atoms with van der Waals surface area (Å²) in [5, 5.41) is 4.02. The highest BCUT2D eigenvalue weighted by Gasteiger charge is 2.07. The quantitative estimate of drug-likeness (QED) is 0.803. The van der Waals surface area contributed by atoms with Gasteiger partial charge >= 0.3 is 0 Å². The van der Waals surface area contributed by atoms with E-state index in [1.54, 1.807) is 13.1 Å². The van der Waals surface area contributed by atoms with Gasteiger partial charge in [0.25, 0.3) is 0 Å². The molecule has 0 spiro atoms. The summed E-state index contributed by atoms with van der Waals surface area (Å²) in [7, 11) is 1.76. The highest BCUT2D eigenvalue weighted by atomic mass is 35.5. The van der Waals surface area contributed by atoms with E-state index in [0.717, 1.165) is 10.9 Å². The predicted molar refractivity (Wildman–Crippen MR) is 61.0 cm³/mol. The van der Waals surface area contributed by atoms with Crippen LogP contribution in [0.25, 0.3) is 10.9 Å². The lowest BCUT2D eigenvalue weighted by molar-refractivity contribution is 0.637. The van der Waals surface area contributed by atoms with Crippen molar-refractivity contribution in [1.82, 2.24) is 4.98 Å². The largest absolute Gasteiger partial charge is 0.373 e. The fraction of sp³-hybridized carbons (Fsp3) is 0.182. The number of pyridine rings is 1. The van der Waals surface area contributed by atoms with Crippen LogP contribution < -0.4 is 5.32 Å². The molecule has 0 radical (unpaired) electrons. The maximum atomic E-state index is 13.5. The number of fused-ring (bicyclic) bond motifs is 1. The van der Waals surface area contributed by atoms with E-state index >= 15 is 0 Å². The van der Waals surface area contributed by atoms with Crippen LogP contribution in [0.4, 0.5) is 10.2 Å². The Hall–Kier alpha value is -1.35. The normalized spacial score (nSPS) is 10.7. The Morgan fingerprint density at radius 1 is 1.33 bits per heavy atom. The van der Waals surface area contributed by atoms with Crippen LogP contribution in [-0.4, -0.2) is 12.0 Å². The Balaban J connectivity index is 2.81. The molecular formula is C11H10ClFN2. The summed E-state index contributed by atoms with van der Waals surface area (Å²) in [6, 6.07) is 4.84. The molecule has 2 aromatic rings. The Morgan fingerprint density at radius 3 is 2.73 bits per heavy atom. The second-order valence-corrected chi connectivity index (χ2v) is 3.80. The van der Waals surface area contributed by atoms with E-state index in [9.17, 15) is 4.39 Å². The molecule has 1 aromatic heterocycles. The van der Waals surface area contributed by atoms with Gasteiger partial charge in [0, 0.05) is 17.5 Å². The highest BCUT2D eigenvalue weighted by Crippen LogP contribution is 2.25. The van der Waals surface area contributed by atoms with Crippen molar-refractivity contribution in [3.05, 3.63) is 34.6 Å². The van der Waals surface area contributed by atoms with E-state index in [2.05, 4.69) is 10.3 Å². The molecular weight excluding hydrogens is 215 g/mol. The molecule has 0 atom stereocenters. The summed E-state index contributed by atoms with van der Waals surface area (Å²) in [5.74, 6) is 0.290. The van der Waals surface area contributed by atoms with E-state index in [4.69, 9.17) is 11.6 Å². The summed E-state index contributed by atoms with van der Waals surface area (Å²) in [6.07, 6.45) is 0. The number of hydrogen-bond acceptors (Lipinski definition) is 2. The summed E-state index contributed by atoms with van der Waals surface area (Å²) >= 11 is 5.77. The molecule has 0 aliphatic rings. The van der Waals surface area contributed by atoms with E-state index in [1.165, 1.54) is 6.07 Å². The molecule has 0 fully saturated rings. The van der Waals surface area contributed by atoms with Gasteiger partial charge < -0.3 is 5.32 Å². The molecule has 15 heavy (non-hydrogen) atoms. The third-order valence-corrected chi connectivity index (χ3v) is 2.48. The third kappa shape index (κ3) is 1.75. The van der Waals surface area contributed by atoms with Gasteiger partial charge in [-0.1, -0.05) is 11.6 Å². The van der Waals surface area contributed by atoms with Gasteiger partial charge in [-0.25, -0.2) is 9.37 Å². The van der Waals surface area contributed by atoms with Gasteiger partial charge in [0.15, 0.2) is 5.82 Å². The molecule has 1 N–H and O–H groups in total. The number of aromatic nitrogens is 1. The van der Waals surface area contributed by atoms with Gasteiger partial charge in [0.2, 0.25) is 0 Å². The van der Waals surface area contributed by atoms with E-state index < -0.39 is 5.82 Å². The third-order valence-electron chi connectivity index (χ3n) is 2.26. The van der Waals surface area contributed by atoms with Crippen LogP contribution in [0.2, 0.25) is 5.02 Å². The van der Waals surface area contributed by atoms with Crippen molar-refractivity contribution in [3.63, 3.8) is 0 Å². The molecule has 1 aromatic carbocycles. The van der Waals surface area contributed by atoms with Gasteiger partial charge in [-0.3, -0.25) is 0 Å². The van der Waals surface area contributed by atoms with Crippen LogP contribution in [0, 0.1) is 12.7 Å². The first kappa shape index (κ1) is 10.2. The minimum Gasteiger partial charge on any atom is -0.373 e. The predicted octanol–water partition coefficient (Wildman–Crippen LogP) is 3.38. The van der Waals surface area contributed by atoms with Gasteiger partial charge in [0.1, 0.15) is 11.3 Å². The molecule has 0 amide bonds. The van der Waals surface area contributed by atoms with Crippen molar-refractivity contribution in [3.8, 4) is 0 Å². The zero-order chi connectivity index (χ0) is 11.0. The molecule has 4 heteroatoms. The smallest absolute Gasteiger partial charge is 0.150 e. The number of nitrogens with one attached hydrogen (secondary N) is 1. The summed E-state index contributed by atoms with van der Waals surface area (Å²) in [5.41, 5.74) is 1.31. The molecule has 0 unspecified atom stereocenters. The lowest BCUT2D eigenvalue weighted by Gasteiger charge is -2.07. The monoisotopic (exact) mass is 224 g/mol. The average Bonchev–Trinajstić information content (AvgIpc) is 2.16. The minimum absolute atomic E-state index is 0.342. The van der Waals surface area contributed by atoms with Crippen molar-refractivity contribution in [2.24, 2.45) is 0 Å². The van der Waals surface area contributed by atoms with Crippen molar-refractivity contribution < 1.29 is 4.39 Å². The van der Waals surface area contributed by atoms with E-state index in [-0.39, 0.29) is 0 Å². The van der Waals surface area contributed by atoms with Crippen LogP contribution in [0.3, 0.4) is 0 Å². The maximum absolute atomic E-state index is 13.5. The highest BCUT2D eigenvalue weighted by molar-refractivity contribution is 6.31. The van der Waals surface area contributed by atoms with E-state index in [1.807, 2.05) is 13.0 Å². The Labute approximate surface area is 92.1 Å². The van der Waals surface area contributed by atoms with Crippen LogP contribution >= 0.6 is 11.6 Å². The zero-order valence-corrected chi connectivity index (χ0v) is 9.19. The first-order chi connectivity index (χ1) is 7.11. The number of aryl methyl sites for hydroxylation is 1. The number of hydrogen-bond donors (Lipinski definition) is 1. The van der Waals surface area contributed by atoms with E-state index in [0.29, 0.717) is 16.4 Å². The number of benzene rings is 1. The molecule has 0 aliphatic heterocycles. The van der Waals surface area contributed by atoms with Crippen LogP contribution in [0.1, 0.15) is 5.56 Å². The summed E-state index contributed by atoms with van der Waals surface area (Å²) in [6.45, 7) is 1.91. The Kier molecular flexibility index (Phi) is 2.49. The molecule has 78 valence electrons. The van der Waals surface area contributed by atoms with Crippen molar-refractivity contribution >= 4 is 28.3 Å². The fourth-order valence-corrected chi connectivity index (χ4v) is 1.78. The lowest BCUT2D eigenvalue weighted by atomic mass is 10.1. The fourth-order valence-electron chi connectivity index (χ4n) is 1.57. The Bertz CT molecular complexity index is 525. The van der Waals surface area contributed by atoms with Crippen molar-refractivity contribution in [1.29, 1.82) is 0 Å². The van der Waals surface area contributed by atoms with Gasteiger partial charge in [-0.2, -0.15) is 0 Å². The first-order valence-electron chi connectivity index (χ1n) is 4.56. The molecule has 2 rings (SSSR count). The zero-order valence-electron chi connectivity index (χ0n) is 8.44. The number of anilines is 1. The lowest BCUT2D eigenvalue weighted by Crippen LogP contribution is -1.97. The topological polar surface area (TPSA) is 24.9 Å². The second-order valence-electron chi connectivity index (χ2n) is 3.36. The van der Waals surface area contributed by atoms with Gasteiger partial charge in [-0.05, 0) is 30.7 Å². The van der Waals surface area contributed by atoms with Crippen LogP contribution in [0.15, 0.2) is 18.2 Å². The summed E-state index contributed by atoms with van der Waals surface area (Å²) < 4.78 is 13.5. The second kappa shape index (κ2) is 3.66. The molecule has 0 saturated carbocycles. The van der Waals surface area contributed by atoms with Crippen molar-refractivity contribution in [2.45, 2.75) is 6.92 Å². The number of halogens is 2. The molecule has 0 aliphatic carbocycles. The van der Waals surface area contributed by atoms with Crippen molar-refractivity contribution in [2.75, 3.05) is 12.4 Å². The molecule has 2 nitrogen and oxygen atoms in total. The standard InChI is InChI=1S/C11H10ClFN2/c1-6-3-7-4-8(12)5-9(13)10(7)15-11(6)14-2/h3-5H,1-2H3,(H,14,15). The number of rotatable bonds is 1. The average molecular weight is 225 g/mol. The molecule has 0 saturated heterocycles. The first-order valence-corrected chi connectivity index (χ1v) is 4.94. The maximum Gasteiger partial charge on any atom is 0.150 e. The SMILES string of the molecule is CNc1nc2c(F)cc(Cl)cc2cc1C.